The second-order valence-electron chi connectivity index (χ2n) is 6.65. The molecule has 1 aliphatic heterocycles. The molecular weight excluding hydrogens is 304 g/mol. The number of fused-ring (bicyclic) bond motifs is 1. The van der Waals surface area contributed by atoms with E-state index in [9.17, 15) is 9.59 Å². The third kappa shape index (κ3) is 2.72. The summed E-state index contributed by atoms with van der Waals surface area (Å²) < 4.78 is 2.19. The van der Waals surface area contributed by atoms with Crippen LogP contribution in [0.5, 0.6) is 0 Å². The number of aromatic nitrogens is 1. The zero-order valence-corrected chi connectivity index (χ0v) is 13.9. The van der Waals surface area contributed by atoms with Gasteiger partial charge in [-0.3, -0.25) is 9.69 Å². The first-order chi connectivity index (χ1) is 11.7. The summed E-state index contributed by atoms with van der Waals surface area (Å²) in [6, 6.07) is 8.15. The zero-order chi connectivity index (χ0) is 16.7. The molecule has 1 saturated heterocycles. The number of rotatable bonds is 4. The second kappa shape index (κ2) is 5.85. The summed E-state index contributed by atoms with van der Waals surface area (Å²) in [7, 11) is 0. The predicted molar refractivity (Wildman–Crippen MR) is 92.7 cm³/mol. The summed E-state index contributed by atoms with van der Waals surface area (Å²) in [4.78, 5) is 27.8. The van der Waals surface area contributed by atoms with E-state index in [4.69, 9.17) is 0 Å². The first-order valence-electron chi connectivity index (χ1n) is 8.60. The molecule has 2 aliphatic rings. The van der Waals surface area contributed by atoms with Crippen molar-refractivity contribution in [3.63, 3.8) is 0 Å². The van der Waals surface area contributed by atoms with Gasteiger partial charge in [-0.15, -0.1) is 0 Å². The minimum Gasteiger partial charge on any atom is -0.347 e. The molecule has 6 heteroatoms. The second-order valence-corrected chi connectivity index (χ2v) is 6.65. The number of nitrogens with zero attached hydrogens (tertiary/aromatic N) is 3. The van der Waals surface area contributed by atoms with Gasteiger partial charge in [0.05, 0.1) is 12.2 Å². The summed E-state index contributed by atoms with van der Waals surface area (Å²) in [5.74, 6) is 0.0555. The maximum absolute atomic E-state index is 12.5. The molecule has 0 spiro atoms. The normalized spacial score (nSPS) is 17.8. The van der Waals surface area contributed by atoms with E-state index in [1.54, 1.807) is 4.90 Å². The summed E-state index contributed by atoms with van der Waals surface area (Å²) >= 11 is 0. The Balaban J connectivity index is 1.48. The lowest BCUT2D eigenvalue weighted by molar-refractivity contribution is -0.127. The molecule has 1 aromatic heterocycles. The molecule has 0 radical (unpaired) electrons. The quantitative estimate of drug-likeness (QED) is 0.939. The van der Waals surface area contributed by atoms with Gasteiger partial charge in [-0.05, 0) is 42.8 Å². The fraction of sp³-hybridized carbons (Fsp3) is 0.444. The van der Waals surface area contributed by atoms with Gasteiger partial charge in [-0.25, -0.2) is 4.79 Å². The van der Waals surface area contributed by atoms with Crippen LogP contribution < -0.4 is 5.32 Å². The van der Waals surface area contributed by atoms with Crippen LogP contribution in [0.3, 0.4) is 0 Å². The number of carbonyl (C=O) groups is 2. The monoisotopic (exact) mass is 326 g/mol. The number of hydrogen-bond donors (Lipinski definition) is 1. The van der Waals surface area contributed by atoms with E-state index in [2.05, 4.69) is 29.1 Å². The maximum Gasteiger partial charge on any atom is 0.323 e. The van der Waals surface area contributed by atoms with Crippen LogP contribution in [0.25, 0.3) is 10.9 Å². The molecule has 126 valence electrons. The van der Waals surface area contributed by atoms with Crippen molar-refractivity contribution in [3.05, 3.63) is 30.5 Å². The lowest BCUT2D eigenvalue weighted by Gasteiger charge is -2.18. The van der Waals surface area contributed by atoms with Gasteiger partial charge in [0.2, 0.25) is 5.91 Å². The van der Waals surface area contributed by atoms with Gasteiger partial charge in [0.1, 0.15) is 6.54 Å². The molecule has 6 nitrogen and oxygen atoms in total. The minimum absolute atomic E-state index is 0.0555. The number of amides is 3. The van der Waals surface area contributed by atoms with Crippen LogP contribution in [0, 0.1) is 0 Å². The van der Waals surface area contributed by atoms with Gasteiger partial charge >= 0.3 is 6.03 Å². The van der Waals surface area contributed by atoms with Crippen molar-refractivity contribution in [2.45, 2.75) is 38.8 Å². The number of nitrogens with one attached hydrogen (secondary N) is 1. The van der Waals surface area contributed by atoms with Crippen LogP contribution in [-0.4, -0.2) is 45.6 Å². The van der Waals surface area contributed by atoms with Crippen molar-refractivity contribution in [1.29, 1.82) is 0 Å². The molecule has 24 heavy (non-hydrogen) atoms. The van der Waals surface area contributed by atoms with Crippen molar-refractivity contribution >= 4 is 28.5 Å². The van der Waals surface area contributed by atoms with E-state index in [1.807, 2.05) is 23.1 Å². The molecule has 1 saturated carbocycles. The highest BCUT2D eigenvalue weighted by atomic mass is 16.2. The highest BCUT2D eigenvalue weighted by molar-refractivity contribution is 5.96. The van der Waals surface area contributed by atoms with E-state index in [1.165, 1.54) is 0 Å². The van der Waals surface area contributed by atoms with E-state index < -0.39 is 0 Å². The Bertz CT molecular complexity index is 793. The SMILES string of the molecule is CCCn1ccc2ccc(NC(=O)N3CC(=O)N(C4CC4)C3)cc21. The lowest BCUT2D eigenvalue weighted by atomic mass is 10.2. The third-order valence-electron chi connectivity index (χ3n) is 4.73. The summed E-state index contributed by atoms with van der Waals surface area (Å²) in [6.45, 7) is 3.69. The minimum atomic E-state index is -0.209. The summed E-state index contributed by atoms with van der Waals surface area (Å²) in [5, 5.41) is 4.09. The molecule has 2 aromatic rings. The number of carbonyl (C=O) groups excluding carboxylic acids is 2. The van der Waals surface area contributed by atoms with Gasteiger partial charge in [0, 0.05) is 24.5 Å². The molecule has 3 amide bonds. The van der Waals surface area contributed by atoms with Crippen molar-refractivity contribution in [2.75, 3.05) is 18.5 Å². The first-order valence-corrected chi connectivity index (χ1v) is 8.60. The number of benzene rings is 1. The largest absolute Gasteiger partial charge is 0.347 e. The molecule has 2 fully saturated rings. The molecule has 0 bridgehead atoms. The Labute approximate surface area is 141 Å². The number of urea groups is 1. The van der Waals surface area contributed by atoms with Crippen molar-refractivity contribution in [2.24, 2.45) is 0 Å². The highest BCUT2D eigenvalue weighted by Gasteiger charge is 2.39. The van der Waals surface area contributed by atoms with Gasteiger partial charge in [0.15, 0.2) is 0 Å². The fourth-order valence-electron chi connectivity index (χ4n) is 3.31. The van der Waals surface area contributed by atoms with Crippen LogP contribution in [0.4, 0.5) is 10.5 Å². The van der Waals surface area contributed by atoms with E-state index >= 15 is 0 Å². The zero-order valence-electron chi connectivity index (χ0n) is 13.9. The van der Waals surface area contributed by atoms with Crippen molar-refractivity contribution in [1.82, 2.24) is 14.4 Å². The number of anilines is 1. The van der Waals surface area contributed by atoms with E-state index in [-0.39, 0.29) is 18.5 Å². The van der Waals surface area contributed by atoms with Gasteiger partial charge in [0.25, 0.3) is 0 Å². The highest BCUT2D eigenvalue weighted by Crippen LogP contribution is 2.29. The molecule has 0 unspecified atom stereocenters. The third-order valence-corrected chi connectivity index (χ3v) is 4.73. The Kier molecular flexibility index (Phi) is 3.67. The van der Waals surface area contributed by atoms with Crippen LogP contribution >= 0.6 is 0 Å². The fourth-order valence-corrected chi connectivity index (χ4v) is 3.31. The Morgan fingerprint density at radius 1 is 1.29 bits per heavy atom. The first kappa shape index (κ1) is 15.1. The average Bonchev–Trinajstić information content (AvgIpc) is 3.23. The molecule has 4 rings (SSSR count). The Hall–Kier alpha value is -2.50. The smallest absolute Gasteiger partial charge is 0.323 e. The molecular formula is C18H22N4O2. The van der Waals surface area contributed by atoms with Gasteiger partial charge in [-0.2, -0.15) is 0 Å². The topological polar surface area (TPSA) is 57.6 Å². The maximum atomic E-state index is 12.5. The molecule has 0 atom stereocenters. The van der Waals surface area contributed by atoms with Crippen molar-refractivity contribution < 1.29 is 9.59 Å². The lowest BCUT2D eigenvalue weighted by Crippen LogP contribution is -2.35. The molecule has 1 aromatic carbocycles. The average molecular weight is 326 g/mol. The van der Waals surface area contributed by atoms with Crippen LogP contribution in [-0.2, 0) is 11.3 Å². The van der Waals surface area contributed by atoms with Crippen LogP contribution in [0.15, 0.2) is 30.5 Å². The van der Waals surface area contributed by atoms with Crippen LogP contribution in [0.1, 0.15) is 26.2 Å². The van der Waals surface area contributed by atoms with Crippen LogP contribution in [0.2, 0.25) is 0 Å². The van der Waals surface area contributed by atoms with E-state index in [0.717, 1.165) is 42.4 Å². The number of aryl methyl sites for hydroxylation is 1. The van der Waals surface area contributed by atoms with Crippen molar-refractivity contribution in [3.8, 4) is 0 Å². The Morgan fingerprint density at radius 2 is 2.12 bits per heavy atom. The van der Waals surface area contributed by atoms with E-state index in [0.29, 0.717) is 12.7 Å². The molecule has 1 N–H and O–H groups in total. The summed E-state index contributed by atoms with van der Waals surface area (Å²) in [5.41, 5.74) is 1.88. The standard InChI is InChI=1S/C18H22N4O2/c1-2-8-20-9-7-13-3-4-14(10-16(13)20)19-18(24)21-11-17(23)22(12-21)15-5-6-15/h3-4,7,9-10,15H,2,5-6,8,11-12H2,1H3,(H,19,24). The van der Waals surface area contributed by atoms with Gasteiger partial charge in [-0.1, -0.05) is 13.0 Å². The molecule has 2 heterocycles. The predicted octanol–water partition coefficient (Wildman–Crippen LogP) is 2.85. The van der Waals surface area contributed by atoms with Gasteiger partial charge < -0.3 is 14.8 Å². The number of hydrogen-bond acceptors (Lipinski definition) is 2. The Morgan fingerprint density at radius 3 is 2.88 bits per heavy atom. The summed E-state index contributed by atoms with van der Waals surface area (Å²) in [6.07, 6.45) is 5.26. The molecule has 1 aliphatic carbocycles.